The summed E-state index contributed by atoms with van der Waals surface area (Å²) in [4.78, 5) is 15.0. The van der Waals surface area contributed by atoms with Crippen molar-refractivity contribution >= 4 is 17.3 Å². The van der Waals surface area contributed by atoms with E-state index in [-0.39, 0.29) is 0 Å². The maximum atomic E-state index is 11.0. The Kier molecular flexibility index (Phi) is 3.62. The Balaban J connectivity index is 2.22. The van der Waals surface area contributed by atoms with E-state index < -0.39 is 11.9 Å². The summed E-state index contributed by atoms with van der Waals surface area (Å²) in [6.07, 6.45) is 1.67. The van der Waals surface area contributed by atoms with Crippen molar-refractivity contribution in [3.05, 3.63) is 40.9 Å². The van der Waals surface area contributed by atoms with Gasteiger partial charge in [-0.15, -0.1) is 0 Å². The number of aryl methyl sites for hydroxylation is 1. The van der Waals surface area contributed by atoms with Crippen molar-refractivity contribution in [2.45, 2.75) is 19.8 Å². The minimum Gasteiger partial charge on any atom is -0.481 e. The van der Waals surface area contributed by atoms with Gasteiger partial charge in [-0.2, -0.15) is 0 Å². The van der Waals surface area contributed by atoms with E-state index in [0.717, 1.165) is 11.1 Å². The fourth-order valence-corrected chi connectivity index (χ4v) is 2.20. The Morgan fingerprint density at radius 3 is 2.83 bits per heavy atom. The fourth-order valence-electron chi connectivity index (χ4n) is 1.69. The molecule has 0 saturated carbocycles. The number of carboxylic acid groups (broad SMARTS) is 1. The average molecular weight is 263 g/mol. The molecule has 0 fully saturated rings. The van der Waals surface area contributed by atoms with Gasteiger partial charge in [0.2, 0.25) is 0 Å². The highest BCUT2D eigenvalue weighted by Gasteiger charge is 2.16. The Morgan fingerprint density at radius 1 is 1.50 bits per heavy atom. The third-order valence-electron chi connectivity index (χ3n) is 2.69. The molecule has 0 saturated heterocycles. The molecule has 0 aliphatic carbocycles. The van der Waals surface area contributed by atoms with E-state index >= 15 is 0 Å². The van der Waals surface area contributed by atoms with Gasteiger partial charge in [-0.3, -0.25) is 4.79 Å². The smallest absolute Gasteiger partial charge is 0.310 e. The number of carboxylic acids is 1. The van der Waals surface area contributed by atoms with Gasteiger partial charge in [-0.1, -0.05) is 17.4 Å². The van der Waals surface area contributed by atoms with Crippen LogP contribution in [0.2, 0.25) is 0 Å². The van der Waals surface area contributed by atoms with E-state index in [0.29, 0.717) is 10.9 Å². The Labute approximate surface area is 109 Å². The maximum Gasteiger partial charge on any atom is 0.310 e. The highest BCUT2D eigenvalue weighted by atomic mass is 32.1. The number of benzene rings is 1. The van der Waals surface area contributed by atoms with Crippen LogP contribution in [0.1, 0.15) is 24.0 Å². The number of aliphatic carboxylic acids is 1. The molecule has 0 amide bonds. The zero-order valence-corrected chi connectivity index (χ0v) is 10.9. The van der Waals surface area contributed by atoms with Crippen molar-refractivity contribution in [1.29, 1.82) is 0 Å². The second-order valence-electron chi connectivity index (χ2n) is 3.98. The number of carbonyl (C=O) groups is 1. The van der Waals surface area contributed by atoms with Crippen LogP contribution < -0.4 is 4.74 Å². The molecule has 2 aromatic rings. The van der Waals surface area contributed by atoms with Crippen LogP contribution in [0, 0.1) is 6.92 Å². The topological polar surface area (TPSA) is 59.4 Å². The summed E-state index contributed by atoms with van der Waals surface area (Å²) in [5.74, 6) is -0.672. The van der Waals surface area contributed by atoms with Gasteiger partial charge in [0, 0.05) is 11.6 Å². The van der Waals surface area contributed by atoms with Crippen LogP contribution >= 0.6 is 11.3 Å². The first-order valence-corrected chi connectivity index (χ1v) is 6.36. The van der Waals surface area contributed by atoms with Crippen LogP contribution in [-0.2, 0) is 4.79 Å². The summed E-state index contributed by atoms with van der Waals surface area (Å²) in [5.41, 5.74) is 1.70. The third-order valence-corrected chi connectivity index (χ3v) is 3.34. The predicted octanol–water partition coefficient (Wildman–Crippen LogP) is 3.43. The summed E-state index contributed by atoms with van der Waals surface area (Å²) in [7, 11) is 0. The van der Waals surface area contributed by atoms with Crippen LogP contribution in [0.15, 0.2) is 29.8 Å². The van der Waals surface area contributed by atoms with Gasteiger partial charge in [0.1, 0.15) is 5.75 Å². The summed E-state index contributed by atoms with van der Waals surface area (Å²) in [5, 5.41) is 11.4. The highest BCUT2D eigenvalue weighted by Crippen LogP contribution is 2.28. The molecule has 0 radical (unpaired) electrons. The first-order valence-electron chi connectivity index (χ1n) is 5.48. The lowest BCUT2D eigenvalue weighted by Gasteiger charge is -2.11. The quantitative estimate of drug-likeness (QED) is 0.918. The monoisotopic (exact) mass is 263 g/mol. The van der Waals surface area contributed by atoms with E-state index in [1.807, 2.05) is 18.4 Å². The Hall–Kier alpha value is -1.88. The molecule has 5 heteroatoms. The zero-order valence-electron chi connectivity index (χ0n) is 10.1. The van der Waals surface area contributed by atoms with Gasteiger partial charge in [0.25, 0.3) is 5.19 Å². The first-order chi connectivity index (χ1) is 8.58. The van der Waals surface area contributed by atoms with Crippen molar-refractivity contribution in [3.63, 3.8) is 0 Å². The first kappa shape index (κ1) is 12.6. The predicted molar refractivity (Wildman–Crippen MR) is 69.4 cm³/mol. The molecule has 0 aliphatic heterocycles. The standard InChI is InChI=1S/C13H13NO3S/c1-8-7-10(17-13-14-5-6-18-13)3-4-11(8)9(2)12(15)16/h3-7,9H,1-2H3,(H,15,16). The Morgan fingerprint density at radius 2 is 2.28 bits per heavy atom. The van der Waals surface area contributed by atoms with Gasteiger partial charge in [0.05, 0.1) is 5.92 Å². The molecular weight excluding hydrogens is 250 g/mol. The van der Waals surface area contributed by atoms with Crippen molar-refractivity contribution in [1.82, 2.24) is 4.98 Å². The number of aromatic nitrogens is 1. The molecule has 0 bridgehead atoms. The van der Waals surface area contributed by atoms with Crippen LogP contribution in [0.25, 0.3) is 0 Å². The van der Waals surface area contributed by atoms with E-state index in [4.69, 9.17) is 9.84 Å². The summed E-state index contributed by atoms with van der Waals surface area (Å²) in [6.45, 7) is 3.55. The van der Waals surface area contributed by atoms with Crippen LogP contribution in [0.5, 0.6) is 10.9 Å². The molecule has 1 N–H and O–H groups in total. The molecule has 2 rings (SSSR count). The summed E-state index contributed by atoms with van der Waals surface area (Å²) in [6, 6.07) is 5.39. The van der Waals surface area contributed by atoms with Gasteiger partial charge in [-0.05, 0) is 37.1 Å². The van der Waals surface area contributed by atoms with Crippen LogP contribution in [0.3, 0.4) is 0 Å². The molecule has 1 aromatic heterocycles. The second kappa shape index (κ2) is 5.18. The molecule has 1 atom stereocenters. The van der Waals surface area contributed by atoms with E-state index in [9.17, 15) is 4.79 Å². The number of thiazole rings is 1. The minimum atomic E-state index is -0.827. The van der Waals surface area contributed by atoms with Crippen LogP contribution in [0.4, 0.5) is 0 Å². The molecule has 1 aromatic carbocycles. The van der Waals surface area contributed by atoms with E-state index in [2.05, 4.69) is 4.98 Å². The van der Waals surface area contributed by atoms with Crippen molar-refractivity contribution in [3.8, 4) is 10.9 Å². The van der Waals surface area contributed by atoms with E-state index in [1.165, 1.54) is 11.3 Å². The lowest BCUT2D eigenvalue weighted by Crippen LogP contribution is -2.08. The second-order valence-corrected chi connectivity index (χ2v) is 4.84. The minimum absolute atomic E-state index is 0.515. The number of nitrogens with zero attached hydrogens (tertiary/aromatic N) is 1. The van der Waals surface area contributed by atoms with Gasteiger partial charge >= 0.3 is 5.97 Å². The lowest BCUT2D eigenvalue weighted by molar-refractivity contribution is -0.138. The maximum absolute atomic E-state index is 11.0. The number of hydrogen-bond donors (Lipinski definition) is 1. The fraction of sp³-hybridized carbons (Fsp3) is 0.231. The molecule has 0 aliphatic rings. The van der Waals surface area contributed by atoms with Gasteiger partial charge in [0.15, 0.2) is 0 Å². The third kappa shape index (κ3) is 2.68. The molecule has 1 unspecified atom stereocenters. The molecule has 1 heterocycles. The van der Waals surface area contributed by atoms with E-state index in [1.54, 1.807) is 25.3 Å². The normalized spacial score (nSPS) is 12.1. The zero-order chi connectivity index (χ0) is 13.1. The van der Waals surface area contributed by atoms with Crippen molar-refractivity contribution in [2.75, 3.05) is 0 Å². The summed E-state index contributed by atoms with van der Waals surface area (Å²) >= 11 is 1.41. The molecular formula is C13H13NO3S. The average Bonchev–Trinajstić information content (AvgIpc) is 2.81. The van der Waals surface area contributed by atoms with Crippen molar-refractivity contribution in [2.24, 2.45) is 0 Å². The SMILES string of the molecule is Cc1cc(Oc2nccs2)ccc1C(C)C(=O)O. The number of hydrogen-bond acceptors (Lipinski definition) is 4. The highest BCUT2D eigenvalue weighted by molar-refractivity contribution is 7.11. The summed E-state index contributed by atoms with van der Waals surface area (Å²) < 4.78 is 5.55. The molecule has 94 valence electrons. The molecule has 0 spiro atoms. The lowest BCUT2D eigenvalue weighted by atomic mass is 9.96. The van der Waals surface area contributed by atoms with Crippen LogP contribution in [-0.4, -0.2) is 16.1 Å². The van der Waals surface area contributed by atoms with Crippen molar-refractivity contribution < 1.29 is 14.6 Å². The van der Waals surface area contributed by atoms with Gasteiger partial charge in [-0.25, -0.2) is 4.98 Å². The molecule has 4 nitrogen and oxygen atoms in total. The largest absolute Gasteiger partial charge is 0.481 e. The molecule has 18 heavy (non-hydrogen) atoms. The number of rotatable bonds is 4. The Bertz CT molecular complexity index is 551. The number of ether oxygens (including phenoxy) is 1. The van der Waals surface area contributed by atoms with Gasteiger partial charge < -0.3 is 9.84 Å².